The van der Waals surface area contributed by atoms with Gasteiger partial charge in [0.1, 0.15) is 10.4 Å². The lowest BCUT2D eigenvalue weighted by Crippen LogP contribution is -2.12. The maximum atomic E-state index is 12.9. The van der Waals surface area contributed by atoms with Gasteiger partial charge in [0, 0.05) is 0 Å². The minimum absolute atomic E-state index is 0.0961. The van der Waals surface area contributed by atoms with Crippen molar-refractivity contribution in [2.24, 2.45) is 0 Å². The first-order valence-electron chi connectivity index (χ1n) is 8.21. The summed E-state index contributed by atoms with van der Waals surface area (Å²) in [7, 11) is -4.24. The van der Waals surface area contributed by atoms with E-state index in [-0.39, 0.29) is 26.6 Å². The third kappa shape index (κ3) is 3.35. The number of benzene rings is 3. The van der Waals surface area contributed by atoms with Gasteiger partial charge in [-0.3, -0.25) is 0 Å². The van der Waals surface area contributed by atoms with Crippen LogP contribution in [0.5, 0.6) is 5.75 Å². The molecular formula is C20H13Cl2NO4S. The van der Waals surface area contributed by atoms with E-state index >= 15 is 0 Å². The molecule has 3 aromatic carbocycles. The lowest BCUT2D eigenvalue weighted by Gasteiger charge is -2.13. The summed E-state index contributed by atoms with van der Waals surface area (Å²) < 4.78 is 37.0. The first-order chi connectivity index (χ1) is 13.4. The van der Waals surface area contributed by atoms with Crippen molar-refractivity contribution in [3.63, 3.8) is 0 Å². The number of hydrogen-bond donors (Lipinski definition) is 0. The second kappa shape index (κ2) is 7.13. The zero-order chi connectivity index (χ0) is 19.9. The molecule has 0 N–H and O–H groups in total. The molecule has 0 spiro atoms. The quantitative estimate of drug-likeness (QED) is 0.376. The highest BCUT2D eigenvalue weighted by atomic mass is 35.5. The van der Waals surface area contributed by atoms with Crippen LogP contribution in [-0.4, -0.2) is 13.4 Å². The van der Waals surface area contributed by atoms with Crippen LogP contribution in [0.3, 0.4) is 0 Å². The monoisotopic (exact) mass is 433 g/mol. The number of hydrogen-bond acceptors (Lipinski definition) is 5. The number of para-hydroxylation sites is 3. The standard InChI is InChI=1S/C20H13Cl2NO4S/c1-12-6-4-7-13(20-23-15-9-2-3-10-16(15)26-20)19(12)27-28(24,25)17-11-5-8-14(21)18(17)22/h2-11H,1H3. The molecule has 0 aliphatic carbocycles. The highest BCUT2D eigenvalue weighted by molar-refractivity contribution is 7.87. The SMILES string of the molecule is Cc1cccc(-c2nc3ccccc3o2)c1OS(=O)(=O)c1cccc(Cl)c1Cl. The van der Waals surface area contributed by atoms with Gasteiger partial charge in [-0.25, -0.2) is 4.98 Å². The van der Waals surface area contributed by atoms with E-state index in [4.69, 9.17) is 31.8 Å². The first kappa shape index (κ1) is 18.8. The summed E-state index contributed by atoms with van der Waals surface area (Å²) in [4.78, 5) is 4.22. The molecule has 1 aromatic heterocycles. The zero-order valence-corrected chi connectivity index (χ0v) is 16.8. The average molecular weight is 434 g/mol. The van der Waals surface area contributed by atoms with Gasteiger partial charge in [-0.2, -0.15) is 8.42 Å². The molecule has 5 nitrogen and oxygen atoms in total. The molecule has 0 amide bonds. The summed E-state index contributed by atoms with van der Waals surface area (Å²) in [5, 5.41) is 0.0245. The maximum absolute atomic E-state index is 12.9. The smallest absolute Gasteiger partial charge is 0.340 e. The molecule has 0 saturated heterocycles. The molecule has 0 radical (unpaired) electrons. The van der Waals surface area contributed by atoms with Crippen molar-refractivity contribution in [3.05, 3.63) is 76.3 Å². The highest BCUT2D eigenvalue weighted by Crippen LogP contribution is 2.37. The van der Waals surface area contributed by atoms with Crippen LogP contribution in [0.2, 0.25) is 10.0 Å². The van der Waals surface area contributed by atoms with E-state index in [1.165, 1.54) is 18.2 Å². The van der Waals surface area contributed by atoms with Crippen molar-refractivity contribution in [2.45, 2.75) is 11.8 Å². The van der Waals surface area contributed by atoms with E-state index in [9.17, 15) is 8.42 Å². The number of halogens is 2. The van der Waals surface area contributed by atoms with Crippen LogP contribution in [0, 0.1) is 6.92 Å². The van der Waals surface area contributed by atoms with E-state index in [1.807, 2.05) is 12.1 Å². The van der Waals surface area contributed by atoms with E-state index in [2.05, 4.69) is 4.98 Å². The molecule has 0 unspecified atom stereocenters. The van der Waals surface area contributed by atoms with Crippen LogP contribution in [-0.2, 0) is 10.1 Å². The Morgan fingerprint density at radius 2 is 1.71 bits per heavy atom. The van der Waals surface area contributed by atoms with Gasteiger partial charge in [0.25, 0.3) is 0 Å². The lowest BCUT2D eigenvalue weighted by molar-refractivity contribution is 0.483. The Morgan fingerprint density at radius 3 is 2.50 bits per heavy atom. The van der Waals surface area contributed by atoms with Crippen molar-refractivity contribution in [1.82, 2.24) is 4.98 Å². The van der Waals surface area contributed by atoms with E-state index in [0.29, 0.717) is 22.2 Å². The van der Waals surface area contributed by atoms with E-state index < -0.39 is 10.1 Å². The van der Waals surface area contributed by atoms with Gasteiger partial charge >= 0.3 is 10.1 Å². The normalized spacial score (nSPS) is 11.7. The molecule has 8 heteroatoms. The van der Waals surface area contributed by atoms with E-state index in [0.717, 1.165) is 0 Å². The number of oxazole rings is 1. The van der Waals surface area contributed by atoms with Crippen LogP contribution in [0.15, 0.2) is 70.0 Å². The van der Waals surface area contributed by atoms with Gasteiger partial charge in [-0.05, 0) is 42.8 Å². The lowest BCUT2D eigenvalue weighted by atomic mass is 10.1. The Bertz CT molecular complexity index is 1270. The van der Waals surface area contributed by atoms with Crippen molar-refractivity contribution in [2.75, 3.05) is 0 Å². The van der Waals surface area contributed by atoms with Crippen LogP contribution in [0.1, 0.15) is 5.56 Å². The molecule has 0 fully saturated rings. The largest absolute Gasteiger partial charge is 0.436 e. The Hall–Kier alpha value is -2.54. The number of aryl methyl sites for hydroxylation is 1. The predicted octanol–water partition coefficient (Wildman–Crippen LogP) is 5.88. The van der Waals surface area contributed by atoms with Gasteiger partial charge in [0.2, 0.25) is 5.89 Å². The molecule has 1 heterocycles. The molecule has 0 saturated carbocycles. The van der Waals surface area contributed by atoms with Gasteiger partial charge in [0.05, 0.1) is 15.6 Å². The van der Waals surface area contributed by atoms with Gasteiger partial charge in [0.15, 0.2) is 11.3 Å². The Morgan fingerprint density at radius 1 is 0.964 bits per heavy atom. The highest BCUT2D eigenvalue weighted by Gasteiger charge is 2.25. The summed E-state index contributed by atoms with van der Waals surface area (Å²) in [6.45, 7) is 1.73. The molecule has 4 aromatic rings. The minimum atomic E-state index is -4.24. The molecule has 142 valence electrons. The van der Waals surface area contributed by atoms with Crippen molar-refractivity contribution >= 4 is 44.4 Å². The first-order valence-corrected chi connectivity index (χ1v) is 10.4. The third-order valence-electron chi connectivity index (χ3n) is 4.11. The van der Waals surface area contributed by atoms with Crippen LogP contribution >= 0.6 is 23.2 Å². The van der Waals surface area contributed by atoms with Gasteiger partial charge < -0.3 is 8.60 Å². The summed E-state index contributed by atoms with van der Waals surface area (Å²) in [5.74, 6) is 0.373. The Balaban J connectivity index is 1.83. The molecule has 0 aliphatic rings. The van der Waals surface area contributed by atoms with Crippen molar-refractivity contribution in [3.8, 4) is 17.2 Å². The molecule has 0 aliphatic heterocycles. The number of nitrogens with zero attached hydrogens (tertiary/aromatic N) is 1. The second-order valence-electron chi connectivity index (χ2n) is 6.03. The zero-order valence-electron chi connectivity index (χ0n) is 14.5. The fourth-order valence-corrected chi connectivity index (χ4v) is 4.50. The van der Waals surface area contributed by atoms with E-state index in [1.54, 1.807) is 37.3 Å². The minimum Gasteiger partial charge on any atom is -0.436 e. The molecule has 28 heavy (non-hydrogen) atoms. The fraction of sp³-hybridized carbons (Fsp3) is 0.0500. The number of aromatic nitrogens is 1. The second-order valence-corrected chi connectivity index (χ2v) is 8.33. The number of rotatable bonds is 4. The van der Waals surface area contributed by atoms with Gasteiger partial charge in [-0.1, -0.05) is 53.5 Å². The average Bonchev–Trinajstić information content (AvgIpc) is 3.09. The Kier molecular flexibility index (Phi) is 4.79. The van der Waals surface area contributed by atoms with Crippen molar-refractivity contribution in [1.29, 1.82) is 0 Å². The third-order valence-corrected chi connectivity index (χ3v) is 6.31. The van der Waals surface area contributed by atoms with Crippen LogP contribution in [0.4, 0.5) is 0 Å². The maximum Gasteiger partial charge on any atom is 0.340 e. The molecule has 0 atom stereocenters. The summed E-state index contributed by atoms with van der Waals surface area (Å²) in [6.07, 6.45) is 0. The Labute approximate surface area is 171 Å². The molecule has 4 rings (SSSR count). The van der Waals surface area contributed by atoms with Gasteiger partial charge in [-0.15, -0.1) is 0 Å². The summed E-state index contributed by atoms with van der Waals surface area (Å²) in [6, 6.07) is 16.8. The van der Waals surface area contributed by atoms with Crippen molar-refractivity contribution < 1.29 is 17.0 Å². The fourth-order valence-electron chi connectivity index (χ4n) is 2.75. The molecular weight excluding hydrogens is 421 g/mol. The topological polar surface area (TPSA) is 69.4 Å². The number of fused-ring (bicyclic) bond motifs is 1. The predicted molar refractivity (Wildman–Crippen MR) is 108 cm³/mol. The molecule has 0 bridgehead atoms. The van der Waals surface area contributed by atoms with Crippen LogP contribution in [0.25, 0.3) is 22.6 Å². The summed E-state index contributed by atoms with van der Waals surface area (Å²) in [5.41, 5.74) is 2.26. The van der Waals surface area contributed by atoms with Crippen LogP contribution < -0.4 is 4.18 Å². The summed E-state index contributed by atoms with van der Waals surface area (Å²) >= 11 is 12.0.